The van der Waals surface area contributed by atoms with E-state index >= 15 is 0 Å². The molecule has 2 aromatic carbocycles. The predicted octanol–water partition coefficient (Wildman–Crippen LogP) is 3.94. The molecule has 0 radical (unpaired) electrons. The molecule has 0 spiro atoms. The molecule has 108 valence electrons. The van der Waals surface area contributed by atoms with Gasteiger partial charge in [0.15, 0.2) is 0 Å². The van der Waals surface area contributed by atoms with Crippen LogP contribution in [0.4, 0.5) is 0 Å². The molecule has 2 heteroatoms. The van der Waals surface area contributed by atoms with Gasteiger partial charge in [-0.2, -0.15) is 0 Å². The highest BCUT2D eigenvalue weighted by Gasteiger charge is 2.07. The molecule has 1 N–H and O–H groups in total. The summed E-state index contributed by atoms with van der Waals surface area (Å²) in [6.07, 6.45) is 3.74. The van der Waals surface area contributed by atoms with Crippen molar-refractivity contribution >= 4 is 10.8 Å². The molecule has 0 amide bonds. The molecule has 1 heterocycles. The lowest BCUT2D eigenvalue weighted by Gasteiger charge is -2.14. The summed E-state index contributed by atoms with van der Waals surface area (Å²) < 4.78 is 0. The smallest absolute Gasteiger partial charge is 0.0584 e. The zero-order valence-electron chi connectivity index (χ0n) is 12.6. The average molecular weight is 286 g/mol. The van der Waals surface area contributed by atoms with Gasteiger partial charge >= 0.3 is 0 Å². The molecule has 0 aliphatic heterocycles. The Bertz CT molecular complexity index is 808. The lowest BCUT2D eigenvalue weighted by atomic mass is 10.0. The minimum absolute atomic E-state index is 0.246. The minimum Gasteiger partial charge on any atom is -0.300 e. The van der Waals surface area contributed by atoms with E-state index in [1.54, 1.807) is 0 Å². The maximum absolute atomic E-state index is 4.18. The first-order valence-corrected chi connectivity index (χ1v) is 7.44. The highest BCUT2D eigenvalue weighted by molar-refractivity contribution is 5.85. The lowest BCUT2D eigenvalue weighted by molar-refractivity contribution is 0.627. The zero-order valence-corrected chi connectivity index (χ0v) is 12.6. The van der Waals surface area contributed by atoms with Crippen LogP contribution in [0.2, 0.25) is 0 Å². The molecular formula is C20H18N2. The predicted molar refractivity (Wildman–Crippen MR) is 91.5 cm³/mol. The maximum Gasteiger partial charge on any atom is 0.0584 e. The van der Waals surface area contributed by atoms with Gasteiger partial charge < -0.3 is 0 Å². The van der Waals surface area contributed by atoms with Crippen molar-refractivity contribution in [2.45, 2.75) is 13.0 Å². The van der Waals surface area contributed by atoms with Crippen LogP contribution in [0.25, 0.3) is 10.8 Å². The number of fused-ring (bicyclic) bond motifs is 1. The number of aromatic nitrogens is 1. The molecule has 0 unspecified atom stereocenters. The average Bonchev–Trinajstić information content (AvgIpc) is 2.59. The van der Waals surface area contributed by atoms with Crippen molar-refractivity contribution in [1.82, 2.24) is 10.3 Å². The van der Waals surface area contributed by atoms with Crippen LogP contribution in [-0.4, -0.2) is 11.5 Å². The Kier molecular flexibility index (Phi) is 4.48. The van der Waals surface area contributed by atoms with Gasteiger partial charge in [-0.1, -0.05) is 48.2 Å². The second kappa shape index (κ2) is 6.89. The molecule has 0 saturated heterocycles. The van der Waals surface area contributed by atoms with Crippen molar-refractivity contribution in [3.8, 4) is 11.8 Å². The summed E-state index contributed by atoms with van der Waals surface area (Å²) in [5, 5.41) is 5.88. The van der Waals surface area contributed by atoms with Gasteiger partial charge in [0.25, 0.3) is 0 Å². The Morgan fingerprint density at radius 1 is 1.05 bits per heavy atom. The summed E-state index contributed by atoms with van der Waals surface area (Å²) in [6, 6.07) is 18.7. The van der Waals surface area contributed by atoms with Gasteiger partial charge in [-0.15, -0.1) is 0 Å². The third kappa shape index (κ3) is 3.33. The van der Waals surface area contributed by atoms with Crippen molar-refractivity contribution < 1.29 is 0 Å². The Morgan fingerprint density at radius 2 is 1.91 bits per heavy atom. The number of pyridine rings is 1. The van der Waals surface area contributed by atoms with Crippen LogP contribution in [0.1, 0.15) is 24.1 Å². The summed E-state index contributed by atoms with van der Waals surface area (Å²) >= 11 is 0. The largest absolute Gasteiger partial charge is 0.300 e. The van der Waals surface area contributed by atoms with E-state index in [0.717, 1.165) is 5.56 Å². The summed E-state index contributed by atoms with van der Waals surface area (Å²) in [4.78, 5) is 4.18. The van der Waals surface area contributed by atoms with Crippen molar-refractivity contribution in [2.75, 3.05) is 6.54 Å². The van der Waals surface area contributed by atoms with Crippen LogP contribution < -0.4 is 5.32 Å². The molecule has 1 atom stereocenters. The van der Waals surface area contributed by atoms with Crippen LogP contribution in [-0.2, 0) is 0 Å². The van der Waals surface area contributed by atoms with E-state index in [1.807, 2.05) is 42.7 Å². The standard InChI is InChI=1S/C20H18N2/c1-16(22-13-6-9-17-7-3-2-4-8-17)19-11-5-10-18-15-21-14-12-20(18)19/h2-5,7-8,10-12,14-16,22H,13H2,1H3/t16-/m0/s1. The molecule has 3 aromatic rings. The number of benzene rings is 2. The lowest BCUT2D eigenvalue weighted by Crippen LogP contribution is -2.19. The summed E-state index contributed by atoms with van der Waals surface area (Å²) in [6.45, 7) is 2.83. The quantitative estimate of drug-likeness (QED) is 0.738. The second-order valence-electron chi connectivity index (χ2n) is 5.21. The van der Waals surface area contributed by atoms with Crippen LogP contribution >= 0.6 is 0 Å². The maximum atomic E-state index is 4.18. The Balaban J connectivity index is 1.69. The first-order valence-electron chi connectivity index (χ1n) is 7.44. The number of hydrogen-bond acceptors (Lipinski definition) is 2. The van der Waals surface area contributed by atoms with Crippen LogP contribution in [0.15, 0.2) is 67.0 Å². The second-order valence-corrected chi connectivity index (χ2v) is 5.21. The zero-order chi connectivity index (χ0) is 15.2. The van der Waals surface area contributed by atoms with E-state index in [0.29, 0.717) is 6.54 Å². The number of hydrogen-bond donors (Lipinski definition) is 1. The van der Waals surface area contributed by atoms with E-state index in [1.165, 1.54) is 16.3 Å². The van der Waals surface area contributed by atoms with Crippen molar-refractivity contribution in [2.24, 2.45) is 0 Å². The highest BCUT2D eigenvalue weighted by atomic mass is 14.9. The molecule has 1 aromatic heterocycles. The monoisotopic (exact) mass is 286 g/mol. The van der Waals surface area contributed by atoms with Gasteiger partial charge in [0.1, 0.15) is 0 Å². The normalized spacial score (nSPS) is 11.7. The molecule has 0 bridgehead atoms. The molecule has 22 heavy (non-hydrogen) atoms. The topological polar surface area (TPSA) is 24.9 Å². The van der Waals surface area contributed by atoms with E-state index in [2.05, 4.69) is 53.3 Å². The van der Waals surface area contributed by atoms with Crippen LogP contribution in [0.5, 0.6) is 0 Å². The van der Waals surface area contributed by atoms with Gasteiger partial charge in [0.05, 0.1) is 6.54 Å². The van der Waals surface area contributed by atoms with Gasteiger partial charge in [0, 0.05) is 29.4 Å². The van der Waals surface area contributed by atoms with Gasteiger partial charge in [-0.3, -0.25) is 10.3 Å². The summed E-state index contributed by atoms with van der Waals surface area (Å²) in [5.74, 6) is 6.34. The fourth-order valence-electron chi connectivity index (χ4n) is 2.51. The van der Waals surface area contributed by atoms with Crippen LogP contribution in [0, 0.1) is 11.8 Å². The van der Waals surface area contributed by atoms with E-state index in [9.17, 15) is 0 Å². The summed E-state index contributed by atoms with van der Waals surface area (Å²) in [5.41, 5.74) is 2.33. The van der Waals surface area contributed by atoms with E-state index in [4.69, 9.17) is 0 Å². The number of rotatable bonds is 3. The van der Waals surface area contributed by atoms with Gasteiger partial charge in [-0.05, 0) is 36.1 Å². The summed E-state index contributed by atoms with van der Waals surface area (Å²) in [7, 11) is 0. The Morgan fingerprint density at radius 3 is 2.77 bits per heavy atom. The van der Waals surface area contributed by atoms with Gasteiger partial charge in [0.2, 0.25) is 0 Å². The number of nitrogens with zero attached hydrogens (tertiary/aromatic N) is 1. The van der Waals surface area contributed by atoms with Gasteiger partial charge in [-0.25, -0.2) is 0 Å². The van der Waals surface area contributed by atoms with Crippen molar-refractivity contribution in [3.05, 3.63) is 78.1 Å². The third-order valence-electron chi connectivity index (χ3n) is 3.68. The van der Waals surface area contributed by atoms with Crippen molar-refractivity contribution in [1.29, 1.82) is 0 Å². The SMILES string of the molecule is C[C@H](NCC#Cc1ccccc1)c1cccc2cnccc12. The fourth-order valence-corrected chi connectivity index (χ4v) is 2.51. The fraction of sp³-hybridized carbons (Fsp3) is 0.150. The Labute approximate surface area is 131 Å². The molecule has 0 aliphatic carbocycles. The molecule has 0 saturated carbocycles. The minimum atomic E-state index is 0.246. The molecule has 0 aliphatic rings. The molecule has 3 rings (SSSR count). The molecule has 0 fully saturated rings. The van der Waals surface area contributed by atoms with Crippen molar-refractivity contribution in [3.63, 3.8) is 0 Å². The number of nitrogens with one attached hydrogen (secondary N) is 1. The third-order valence-corrected chi connectivity index (χ3v) is 3.68. The molecule has 2 nitrogen and oxygen atoms in total. The molecular weight excluding hydrogens is 268 g/mol. The first kappa shape index (κ1) is 14.3. The van der Waals surface area contributed by atoms with E-state index in [-0.39, 0.29) is 6.04 Å². The highest BCUT2D eigenvalue weighted by Crippen LogP contribution is 2.23. The van der Waals surface area contributed by atoms with E-state index < -0.39 is 0 Å². The first-order chi connectivity index (χ1) is 10.8. The Hall–Kier alpha value is -2.63. The van der Waals surface area contributed by atoms with Crippen LogP contribution in [0.3, 0.4) is 0 Å².